The van der Waals surface area contributed by atoms with Crippen molar-refractivity contribution in [1.82, 2.24) is 4.57 Å². The van der Waals surface area contributed by atoms with E-state index in [9.17, 15) is 5.26 Å². The minimum atomic E-state index is 0.637. The molecule has 1 heterocycles. The van der Waals surface area contributed by atoms with Crippen LogP contribution in [0.3, 0.4) is 0 Å². The van der Waals surface area contributed by atoms with Gasteiger partial charge in [-0.15, -0.1) is 0 Å². The van der Waals surface area contributed by atoms with Gasteiger partial charge in [0.25, 0.3) is 0 Å². The van der Waals surface area contributed by atoms with Gasteiger partial charge in [0, 0.05) is 11.3 Å². The fourth-order valence-corrected chi connectivity index (χ4v) is 4.27. The van der Waals surface area contributed by atoms with Gasteiger partial charge >= 0.3 is 0 Å². The quantitative estimate of drug-likeness (QED) is 0.255. The predicted octanol–water partition coefficient (Wildman–Crippen LogP) is 8.18. The van der Waals surface area contributed by atoms with E-state index in [-0.39, 0.29) is 0 Å². The van der Waals surface area contributed by atoms with Gasteiger partial charge in [0.1, 0.15) is 0 Å². The molecule has 0 saturated carbocycles. The van der Waals surface area contributed by atoms with E-state index in [2.05, 4.69) is 96.4 Å². The molecule has 0 unspecified atom stereocenters. The maximum atomic E-state index is 10.0. The molecule has 5 aromatic rings. The molecule has 0 aliphatic heterocycles. The lowest BCUT2D eigenvalue weighted by atomic mass is 10.0. The summed E-state index contributed by atoms with van der Waals surface area (Å²) in [6.07, 6.45) is 2.01. The van der Waals surface area contributed by atoms with Gasteiger partial charge in [0.05, 0.1) is 23.0 Å². The van der Waals surface area contributed by atoms with Gasteiger partial charge in [0.15, 0.2) is 0 Å². The summed E-state index contributed by atoms with van der Waals surface area (Å²) in [7, 11) is 0. The second-order valence-corrected chi connectivity index (χ2v) is 8.27. The first-order valence-corrected chi connectivity index (χ1v) is 11.4. The monoisotopic (exact) mass is 436 g/mol. The topological polar surface area (TPSA) is 28.7 Å². The van der Waals surface area contributed by atoms with Crippen molar-refractivity contribution in [1.29, 1.82) is 5.26 Å². The normalized spacial score (nSPS) is 11.2. The minimum Gasteiger partial charge on any atom is -0.309 e. The van der Waals surface area contributed by atoms with Crippen LogP contribution in [0.15, 0.2) is 121 Å². The van der Waals surface area contributed by atoms with Crippen molar-refractivity contribution in [2.75, 3.05) is 0 Å². The van der Waals surface area contributed by atoms with Crippen molar-refractivity contribution in [3.05, 3.63) is 138 Å². The molecule has 162 valence electrons. The summed E-state index contributed by atoms with van der Waals surface area (Å²) in [5, 5.41) is 10.0. The van der Waals surface area contributed by atoms with Crippen LogP contribution in [-0.2, 0) is 0 Å². The zero-order valence-corrected chi connectivity index (χ0v) is 19.0. The zero-order chi connectivity index (χ0) is 23.3. The van der Waals surface area contributed by atoms with Gasteiger partial charge in [-0.2, -0.15) is 5.26 Å². The number of allylic oxidation sites excluding steroid dienone is 1. The Morgan fingerprint density at radius 3 is 1.85 bits per heavy atom. The molecule has 0 radical (unpaired) electrons. The van der Waals surface area contributed by atoms with Crippen molar-refractivity contribution in [2.24, 2.45) is 0 Å². The second kappa shape index (κ2) is 9.48. The van der Waals surface area contributed by atoms with Crippen molar-refractivity contribution in [3.8, 4) is 34.3 Å². The van der Waals surface area contributed by atoms with E-state index in [1.54, 1.807) is 0 Å². The standard InChI is InChI=1S/C32H24N2/c1-24-17-19-30(20-18-24)34-31(26-13-7-3-8-14-26)22-28(32(34)27-15-9-4-10-16-27)21-29(23-33)25-11-5-2-6-12-25/h2-22H,1H3/b29-21+. The van der Waals surface area contributed by atoms with Crippen LogP contribution in [0.4, 0.5) is 0 Å². The highest BCUT2D eigenvalue weighted by Gasteiger charge is 2.19. The summed E-state index contributed by atoms with van der Waals surface area (Å²) >= 11 is 0. The molecule has 2 heteroatoms. The van der Waals surface area contributed by atoms with Crippen LogP contribution < -0.4 is 0 Å². The molecule has 2 nitrogen and oxygen atoms in total. The number of aryl methyl sites for hydroxylation is 1. The lowest BCUT2D eigenvalue weighted by Crippen LogP contribution is -2.00. The highest BCUT2D eigenvalue weighted by Crippen LogP contribution is 2.37. The summed E-state index contributed by atoms with van der Waals surface area (Å²) in [5.41, 5.74) is 9.22. The Bertz CT molecular complexity index is 1470. The van der Waals surface area contributed by atoms with E-state index < -0.39 is 0 Å². The summed E-state index contributed by atoms with van der Waals surface area (Å²) < 4.78 is 2.30. The molecule has 0 bridgehead atoms. The number of benzene rings is 4. The third kappa shape index (κ3) is 4.20. The third-order valence-electron chi connectivity index (χ3n) is 5.94. The molecule has 0 saturated heterocycles. The Morgan fingerprint density at radius 1 is 0.706 bits per heavy atom. The van der Waals surface area contributed by atoms with Crippen LogP contribution >= 0.6 is 0 Å². The van der Waals surface area contributed by atoms with Crippen LogP contribution in [0.25, 0.3) is 39.9 Å². The summed E-state index contributed by atoms with van der Waals surface area (Å²) in [5.74, 6) is 0. The molecule has 0 aliphatic carbocycles. The van der Waals surface area contributed by atoms with E-state index in [0.29, 0.717) is 5.57 Å². The Kier molecular flexibility index (Phi) is 5.93. The van der Waals surface area contributed by atoms with Crippen LogP contribution in [0, 0.1) is 18.3 Å². The SMILES string of the molecule is Cc1ccc(-n2c(-c3ccccc3)cc(/C=C(\C#N)c3ccccc3)c2-c2ccccc2)cc1. The predicted molar refractivity (Wildman–Crippen MR) is 141 cm³/mol. The molecule has 4 aromatic carbocycles. The average molecular weight is 437 g/mol. The number of hydrogen-bond acceptors (Lipinski definition) is 1. The number of nitriles is 1. The minimum absolute atomic E-state index is 0.637. The Labute approximate surface area is 200 Å². The molecule has 0 N–H and O–H groups in total. The first-order chi connectivity index (χ1) is 16.7. The highest BCUT2D eigenvalue weighted by molar-refractivity contribution is 5.94. The Morgan fingerprint density at radius 2 is 1.26 bits per heavy atom. The van der Waals surface area contributed by atoms with E-state index >= 15 is 0 Å². The largest absolute Gasteiger partial charge is 0.309 e. The van der Waals surface area contributed by atoms with Gasteiger partial charge in [-0.1, -0.05) is 109 Å². The van der Waals surface area contributed by atoms with Gasteiger partial charge in [-0.05, 0) is 47.9 Å². The van der Waals surface area contributed by atoms with Crippen molar-refractivity contribution in [3.63, 3.8) is 0 Å². The Hall–Kier alpha value is -4.61. The van der Waals surface area contributed by atoms with Gasteiger partial charge in [-0.3, -0.25) is 0 Å². The molecule has 0 spiro atoms. The molecule has 1 aromatic heterocycles. The number of rotatable bonds is 5. The fraction of sp³-hybridized carbons (Fsp3) is 0.0312. The van der Waals surface area contributed by atoms with Crippen LogP contribution in [0.5, 0.6) is 0 Å². The molecule has 0 fully saturated rings. The smallest absolute Gasteiger partial charge is 0.0998 e. The number of aromatic nitrogens is 1. The lowest BCUT2D eigenvalue weighted by molar-refractivity contribution is 1.09. The number of nitrogens with zero attached hydrogens (tertiary/aromatic N) is 2. The molecule has 0 amide bonds. The van der Waals surface area contributed by atoms with Gasteiger partial charge in [0.2, 0.25) is 0 Å². The summed E-state index contributed by atoms with van der Waals surface area (Å²) in [6.45, 7) is 2.10. The first kappa shape index (κ1) is 21.2. The number of hydrogen-bond donors (Lipinski definition) is 0. The summed E-state index contributed by atoms with van der Waals surface area (Å²) in [4.78, 5) is 0. The van der Waals surface area contributed by atoms with E-state index in [4.69, 9.17) is 0 Å². The van der Waals surface area contributed by atoms with Crippen molar-refractivity contribution < 1.29 is 0 Å². The van der Waals surface area contributed by atoms with E-state index in [0.717, 1.165) is 39.3 Å². The average Bonchev–Trinajstić information content (AvgIpc) is 3.28. The highest BCUT2D eigenvalue weighted by atomic mass is 15.0. The van der Waals surface area contributed by atoms with E-state index in [1.807, 2.05) is 48.5 Å². The van der Waals surface area contributed by atoms with Gasteiger partial charge < -0.3 is 4.57 Å². The van der Waals surface area contributed by atoms with Crippen molar-refractivity contribution in [2.45, 2.75) is 6.92 Å². The van der Waals surface area contributed by atoms with Crippen LogP contribution in [0.2, 0.25) is 0 Å². The summed E-state index contributed by atoms with van der Waals surface area (Å²) in [6, 6.07) is 43.8. The van der Waals surface area contributed by atoms with Crippen LogP contribution in [0.1, 0.15) is 16.7 Å². The van der Waals surface area contributed by atoms with Crippen molar-refractivity contribution >= 4 is 11.6 Å². The fourth-order valence-electron chi connectivity index (χ4n) is 4.27. The molecule has 0 aliphatic rings. The molecule has 5 rings (SSSR count). The zero-order valence-electron chi connectivity index (χ0n) is 19.0. The molecule has 0 atom stereocenters. The Balaban J connectivity index is 1.84. The molecular formula is C32H24N2. The third-order valence-corrected chi connectivity index (χ3v) is 5.94. The molecular weight excluding hydrogens is 412 g/mol. The van der Waals surface area contributed by atoms with Gasteiger partial charge in [-0.25, -0.2) is 0 Å². The van der Waals surface area contributed by atoms with Crippen LogP contribution in [-0.4, -0.2) is 4.57 Å². The first-order valence-electron chi connectivity index (χ1n) is 11.4. The second-order valence-electron chi connectivity index (χ2n) is 8.27. The maximum absolute atomic E-state index is 10.0. The lowest BCUT2D eigenvalue weighted by Gasteiger charge is -2.15. The molecule has 34 heavy (non-hydrogen) atoms. The van der Waals surface area contributed by atoms with E-state index in [1.165, 1.54) is 5.56 Å². The maximum Gasteiger partial charge on any atom is 0.0998 e.